The van der Waals surface area contributed by atoms with Crippen molar-refractivity contribution in [2.24, 2.45) is 11.8 Å². The lowest BCUT2D eigenvalue weighted by atomic mass is 9.82. The highest BCUT2D eigenvalue weighted by atomic mass is 35.5. The molecule has 0 spiro atoms. The number of benzene rings is 1. The lowest BCUT2D eigenvalue weighted by molar-refractivity contribution is 0.335. The van der Waals surface area contributed by atoms with E-state index in [1.807, 2.05) is 4.90 Å². The van der Waals surface area contributed by atoms with Crippen molar-refractivity contribution in [3.05, 3.63) is 23.0 Å². The third kappa shape index (κ3) is 2.80. The molecule has 1 saturated heterocycles. The van der Waals surface area contributed by atoms with Gasteiger partial charge in [-0.2, -0.15) is 0 Å². The van der Waals surface area contributed by atoms with E-state index in [2.05, 4.69) is 5.92 Å². The highest BCUT2D eigenvalue weighted by Gasteiger charge is 2.40. The number of hydrogen-bond acceptors (Lipinski definition) is 2. The number of rotatable bonds is 3. The van der Waals surface area contributed by atoms with Gasteiger partial charge in [0.25, 0.3) is 0 Å². The molecule has 5 heteroatoms. The second-order valence-corrected chi connectivity index (χ2v) is 6.65. The van der Waals surface area contributed by atoms with Gasteiger partial charge < -0.3 is 9.64 Å². The molecular weight excluding hydrogens is 321 g/mol. The fraction of sp³-hybridized carbons (Fsp3) is 0.471. The van der Waals surface area contributed by atoms with Crippen LogP contribution in [0.4, 0.5) is 10.1 Å². The molecule has 0 aromatic heterocycles. The van der Waals surface area contributed by atoms with Gasteiger partial charge in [0.1, 0.15) is 18.2 Å². The van der Waals surface area contributed by atoms with Gasteiger partial charge in [-0.25, -0.2) is 4.39 Å². The summed E-state index contributed by atoms with van der Waals surface area (Å²) in [5.74, 6) is 3.33. The fourth-order valence-corrected chi connectivity index (χ4v) is 4.14. The summed E-state index contributed by atoms with van der Waals surface area (Å²) in [5.41, 5.74) is 0.441. The van der Waals surface area contributed by atoms with Gasteiger partial charge in [-0.15, -0.1) is 6.42 Å². The molecule has 1 aliphatic carbocycles. The number of ether oxygens (including phenoxy) is 1. The molecule has 2 atom stereocenters. The largest absolute Gasteiger partial charge is 0.479 e. The molecule has 1 saturated carbocycles. The topological polar surface area (TPSA) is 12.5 Å². The first-order chi connectivity index (χ1) is 10.6. The van der Waals surface area contributed by atoms with Gasteiger partial charge in [0, 0.05) is 18.5 Å². The predicted octanol–water partition coefficient (Wildman–Crippen LogP) is 4.44. The van der Waals surface area contributed by atoms with Crippen molar-refractivity contribution in [1.29, 1.82) is 0 Å². The highest BCUT2D eigenvalue weighted by molar-refractivity contribution is 7.80. The molecule has 1 aromatic carbocycles. The zero-order valence-corrected chi connectivity index (χ0v) is 13.7. The van der Waals surface area contributed by atoms with Crippen LogP contribution in [0.1, 0.15) is 25.7 Å². The Morgan fingerprint density at radius 1 is 1.41 bits per heavy atom. The van der Waals surface area contributed by atoms with E-state index in [4.69, 9.17) is 35.0 Å². The highest BCUT2D eigenvalue weighted by Crippen LogP contribution is 2.42. The second-order valence-electron chi connectivity index (χ2n) is 5.83. The van der Waals surface area contributed by atoms with Crippen LogP contribution in [-0.4, -0.2) is 18.1 Å². The maximum absolute atomic E-state index is 14.4. The predicted molar refractivity (Wildman–Crippen MR) is 91.1 cm³/mol. The molecule has 2 aliphatic rings. The molecule has 0 radical (unpaired) electrons. The SMILES string of the molecule is C#CCOc1cc(N2CC3CCCCC3C2=S)c(F)cc1Cl. The first-order valence-corrected chi connectivity index (χ1v) is 8.27. The Kier molecular flexibility index (Phi) is 4.56. The van der Waals surface area contributed by atoms with Crippen molar-refractivity contribution >= 4 is 34.5 Å². The maximum Gasteiger partial charge on any atom is 0.148 e. The van der Waals surface area contributed by atoms with Crippen LogP contribution in [0, 0.1) is 30.0 Å². The number of fused-ring (bicyclic) bond motifs is 1. The van der Waals surface area contributed by atoms with Gasteiger partial charge in [-0.05, 0) is 24.8 Å². The van der Waals surface area contributed by atoms with Crippen LogP contribution in [0.15, 0.2) is 12.1 Å². The van der Waals surface area contributed by atoms with E-state index in [9.17, 15) is 4.39 Å². The summed E-state index contributed by atoms with van der Waals surface area (Å²) in [6, 6.07) is 2.88. The lowest BCUT2D eigenvalue weighted by Crippen LogP contribution is -2.26. The summed E-state index contributed by atoms with van der Waals surface area (Å²) in [6.45, 7) is 0.872. The Morgan fingerprint density at radius 3 is 2.91 bits per heavy atom. The fourth-order valence-electron chi connectivity index (χ4n) is 3.45. The average Bonchev–Trinajstić information content (AvgIpc) is 2.84. The molecule has 2 nitrogen and oxygen atoms in total. The Hall–Kier alpha value is -1.31. The molecule has 0 amide bonds. The van der Waals surface area contributed by atoms with Crippen LogP contribution in [0.5, 0.6) is 5.75 Å². The monoisotopic (exact) mass is 337 g/mol. The van der Waals surface area contributed by atoms with Gasteiger partial charge in [0.15, 0.2) is 0 Å². The van der Waals surface area contributed by atoms with Crippen LogP contribution in [0.2, 0.25) is 5.02 Å². The van der Waals surface area contributed by atoms with Crippen molar-refractivity contribution in [2.45, 2.75) is 25.7 Å². The summed E-state index contributed by atoms with van der Waals surface area (Å²) in [7, 11) is 0. The molecule has 1 aromatic rings. The number of hydrogen-bond donors (Lipinski definition) is 0. The number of halogens is 2. The van der Waals surface area contributed by atoms with E-state index >= 15 is 0 Å². The van der Waals surface area contributed by atoms with Gasteiger partial charge in [0.2, 0.25) is 0 Å². The van der Waals surface area contributed by atoms with Crippen molar-refractivity contribution in [3.8, 4) is 18.1 Å². The molecule has 2 unspecified atom stereocenters. The number of anilines is 1. The van der Waals surface area contributed by atoms with Crippen LogP contribution in [0.3, 0.4) is 0 Å². The summed E-state index contributed by atoms with van der Waals surface area (Å²) >= 11 is 11.6. The van der Waals surface area contributed by atoms with Crippen molar-refractivity contribution in [1.82, 2.24) is 0 Å². The standard InChI is InChI=1S/C17H17ClFNOS/c1-2-7-21-16-9-15(14(19)8-13(16)18)20-10-11-5-3-4-6-12(11)17(20)22/h1,8-9,11-12H,3-7,10H2. The number of terminal acetylenes is 1. The van der Waals surface area contributed by atoms with Gasteiger partial charge in [-0.3, -0.25) is 0 Å². The third-order valence-corrected chi connectivity index (χ3v) is 5.33. The Bertz CT molecular complexity index is 642. The molecular formula is C17H17ClFNOS. The second kappa shape index (κ2) is 6.44. The Labute approximate surface area is 140 Å². The molecule has 3 rings (SSSR count). The smallest absolute Gasteiger partial charge is 0.148 e. The van der Waals surface area contributed by atoms with Gasteiger partial charge in [-0.1, -0.05) is 42.6 Å². The van der Waals surface area contributed by atoms with Crippen LogP contribution in [0.25, 0.3) is 0 Å². The molecule has 1 heterocycles. The van der Waals surface area contributed by atoms with Crippen molar-refractivity contribution in [3.63, 3.8) is 0 Å². The van der Waals surface area contributed by atoms with E-state index in [0.717, 1.165) is 24.4 Å². The third-order valence-electron chi connectivity index (χ3n) is 4.51. The minimum absolute atomic E-state index is 0.0977. The summed E-state index contributed by atoms with van der Waals surface area (Å²) in [5, 5.41) is 0.221. The van der Waals surface area contributed by atoms with Crippen LogP contribution < -0.4 is 9.64 Å². The number of nitrogens with zero attached hydrogens (tertiary/aromatic N) is 1. The molecule has 22 heavy (non-hydrogen) atoms. The quantitative estimate of drug-likeness (QED) is 0.597. The van der Waals surface area contributed by atoms with Crippen LogP contribution in [-0.2, 0) is 0 Å². The Balaban J connectivity index is 1.91. The molecule has 1 aliphatic heterocycles. The average molecular weight is 338 g/mol. The minimum atomic E-state index is -0.376. The normalized spacial score (nSPS) is 24.0. The summed E-state index contributed by atoms with van der Waals surface area (Å²) < 4.78 is 19.8. The van der Waals surface area contributed by atoms with E-state index in [0.29, 0.717) is 23.3 Å². The molecule has 0 N–H and O–H groups in total. The first-order valence-electron chi connectivity index (χ1n) is 7.48. The summed E-state index contributed by atoms with van der Waals surface area (Å²) in [6.07, 6.45) is 9.90. The molecule has 2 fully saturated rings. The van der Waals surface area contributed by atoms with Crippen molar-refractivity contribution < 1.29 is 9.13 Å². The summed E-state index contributed by atoms with van der Waals surface area (Å²) in [4.78, 5) is 2.75. The minimum Gasteiger partial charge on any atom is -0.479 e. The zero-order chi connectivity index (χ0) is 15.7. The van der Waals surface area contributed by atoms with Crippen LogP contribution >= 0.6 is 23.8 Å². The maximum atomic E-state index is 14.4. The van der Waals surface area contributed by atoms with E-state index < -0.39 is 0 Å². The molecule has 116 valence electrons. The Morgan fingerprint density at radius 2 is 2.18 bits per heavy atom. The first kappa shape index (κ1) is 15.6. The number of thiocarbonyl (C=S) groups is 1. The van der Waals surface area contributed by atoms with Gasteiger partial charge >= 0.3 is 0 Å². The van der Waals surface area contributed by atoms with E-state index in [-0.39, 0.29) is 17.4 Å². The lowest BCUT2D eigenvalue weighted by Gasteiger charge is -2.23. The van der Waals surface area contributed by atoms with Gasteiger partial charge in [0.05, 0.1) is 15.7 Å². The van der Waals surface area contributed by atoms with Crippen molar-refractivity contribution in [2.75, 3.05) is 18.1 Å². The molecule has 0 bridgehead atoms. The van der Waals surface area contributed by atoms with E-state index in [1.54, 1.807) is 6.07 Å². The zero-order valence-electron chi connectivity index (χ0n) is 12.1. The van der Waals surface area contributed by atoms with E-state index in [1.165, 1.54) is 18.9 Å².